The van der Waals surface area contributed by atoms with Crippen molar-refractivity contribution in [3.8, 4) is 0 Å². The summed E-state index contributed by atoms with van der Waals surface area (Å²) < 4.78 is 13.4. The molecule has 70 valence electrons. The zero-order chi connectivity index (χ0) is 9.42. The van der Waals surface area contributed by atoms with Crippen LogP contribution in [0.1, 0.15) is 23.6 Å². The molecule has 0 bridgehead atoms. The van der Waals surface area contributed by atoms with E-state index in [9.17, 15) is 4.39 Å². The number of benzene rings is 1. The summed E-state index contributed by atoms with van der Waals surface area (Å²) in [6.07, 6.45) is 0.808. The van der Waals surface area contributed by atoms with Gasteiger partial charge in [0, 0.05) is 12.6 Å². The lowest BCUT2D eigenvalue weighted by molar-refractivity contribution is 0.488. The fourth-order valence-corrected chi connectivity index (χ4v) is 1.90. The minimum absolute atomic E-state index is 0.0473. The van der Waals surface area contributed by atoms with Gasteiger partial charge >= 0.3 is 0 Å². The molecule has 0 aromatic heterocycles. The highest BCUT2D eigenvalue weighted by atomic mass is 19.1. The van der Waals surface area contributed by atoms with Crippen LogP contribution in [0.2, 0.25) is 0 Å². The van der Waals surface area contributed by atoms with E-state index in [1.54, 1.807) is 6.07 Å². The predicted octanol–water partition coefficient (Wildman–Crippen LogP) is 2.17. The summed E-state index contributed by atoms with van der Waals surface area (Å²) in [5.41, 5.74) is 3.25. The summed E-state index contributed by atoms with van der Waals surface area (Å²) >= 11 is 0. The van der Waals surface area contributed by atoms with Crippen molar-refractivity contribution in [2.45, 2.75) is 32.9 Å². The fraction of sp³-hybridized carbons (Fsp3) is 0.455. The minimum atomic E-state index is -0.0473. The van der Waals surface area contributed by atoms with Gasteiger partial charge in [-0.15, -0.1) is 0 Å². The first-order valence-electron chi connectivity index (χ1n) is 4.68. The molecule has 13 heavy (non-hydrogen) atoms. The Kier molecular flexibility index (Phi) is 2.08. The van der Waals surface area contributed by atoms with Gasteiger partial charge in [-0.25, -0.2) is 4.39 Å². The van der Waals surface area contributed by atoms with Crippen LogP contribution in [0.5, 0.6) is 0 Å². The Bertz CT molecular complexity index is 333. The maximum absolute atomic E-state index is 13.4. The van der Waals surface area contributed by atoms with Gasteiger partial charge in [0.05, 0.1) is 0 Å². The molecule has 2 rings (SSSR count). The third kappa shape index (κ3) is 1.46. The van der Waals surface area contributed by atoms with Crippen molar-refractivity contribution >= 4 is 0 Å². The highest BCUT2D eigenvalue weighted by molar-refractivity contribution is 5.37. The average Bonchev–Trinajstić information content (AvgIpc) is 2.12. The Morgan fingerprint density at radius 2 is 2.15 bits per heavy atom. The number of nitrogens with one attached hydrogen (secondary N) is 1. The highest BCUT2D eigenvalue weighted by Gasteiger charge is 2.18. The minimum Gasteiger partial charge on any atom is -0.310 e. The smallest absolute Gasteiger partial charge is 0.126 e. The molecule has 0 saturated heterocycles. The summed E-state index contributed by atoms with van der Waals surface area (Å²) in [5, 5.41) is 3.34. The average molecular weight is 179 g/mol. The van der Waals surface area contributed by atoms with Crippen LogP contribution in [0.15, 0.2) is 12.1 Å². The fourth-order valence-electron chi connectivity index (χ4n) is 1.90. The lowest BCUT2D eigenvalue weighted by atomic mass is 9.93. The van der Waals surface area contributed by atoms with Crippen LogP contribution in [0.3, 0.4) is 0 Å². The second-order valence-electron chi connectivity index (χ2n) is 3.81. The summed E-state index contributed by atoms with van der Waals surface area (Å²) in [6.45, 7) is 4.93. The van der Waals surface area contributed by atoms with Crippen LogP contribution in [-0.2, 0) is 13.0 Å². The van der Waals surface area contributed by atoms with Crippen LogP contribution < -0.4 is 5.32 Å². The van der Waals surface area contributed by atoms with E-state index in [-0.39, 0.29) is 5.82 Å². The molecule has 1 aliphatic rings. The molecule has 1 heterocycles. The zero-order valence-electron chi connectivity index (χ0n) is 8.02. The quantitative estimate of drug-likeness (QED) is 0.643. The summed E-state index contributed by atoms with van der Waals surface area (Å²) in [7, 11) is 0. The van der Waals surface area contributed by atoms with Crippen molar-refractivity contribution in [1.82, 2.24) is 5.32 Å². The normalized spacial score (nSPS) is 21.3. The molecule has 0 saturated carbocycles. The van der Waals surface area contributed by atoms with E-state index in [4.69, 9.17) is 0 Å². The van der Waals surface area contributed by atoms with Crippen LogP contribution >= 0.6 is 0 Å². The molecule has 1 nitrogen and oxygen atoms in total. The van der Waals surface area contributed by atoms with Gasteiger partial charge in [0.1, 0.15) is 5.82 Å². The van der Waals surface area contributed by atoms with Crippen molar-refractivity contribution < 1.29 is 4.39 Å². The van der Waals surface area contributed by atoms with E-state index in [1.807, 2.05) is 13.0 Å². The van der Waals surface area contributed by atoms with Gasteiger partial charge in [0.2, 0.25) is 0 Å². The van der Waals surface area contributed by atoms with Gasteiger partial charge in [-0.05, 0) is 43.0 Å². The van der Waals surface area contributed by atoms with E-state index >= 15 is 0 Å². The maximum Gasteiger partial charge on any atom is 0.126 e. The molecule has 1 aromatic rings. The Morgan fingerprint density at radius 3 is 2.92 bits per heavy atom. The van der Waals surface area contributed by atoms with Crippen molar-refractivity contribution in [2.75, 3.05) is 0 Å². The van der Waals surface area contributed by atoms with Crippen LogP contribution in [0.4, 0.5) is 4.39 Å². The van der Waals surface area contributed by atoms with Crippen molar-refractivity contribution in [1.29, 1.82) is 0 Å². The topological polar surface area (TPSA) is 12.0 Å². The highest BCUT2D eigenvalue weighted by Crippen LogP contribution is 2.22. The largest absolute Gasteiger partial charge is 0.310 e. The van der Waals surface area contributed by atoms with Gasteiger partial charge in [-0.2, -0.15) is 0 Å². The Balaban J connectivity index is 2.51. The molecule has 0 spiro atoms. The van der Waals surface area contributed by atoms with Crippen molar-refractivity contribution in [3.63, 3.8) is 0 Å². The standard InChI is InChI=1S/C11H14FN/c1-7-3-4-11(12)9-5-8(2)13-6-10(7)9/h3-4,8,13H,5-6H2,1-2H3. The third-order valence-corrected chi connectivity index (χ3v) is 2.75. The number of aryl methyl sites for hydroxylation is 1. The Labute approximate surface area is 78.0 Å². The second-order valence-corrected chi connectivity index (χ2v) is 3.81. The first-order valence-corrected chi connectivity index (χ1v) is 4.68. The predicted molar refractivity (Wildman–Crippen MR) is 51.1 cm³/mol. The first kappa shape index (κ1) is 8.70. The van der Waals surface area contributed by atoms with Crippen LogP contribution in [-0.4, -0.2) is 6.04 Å². The molecule has 1 atom stereocenters. The number of hydrogen-bond donors (Lipinski definition) is 1. The lowest BCUT2D eigenvalue weighted by Crippen LogP contribution is -2.33. The summed E-state index contributed by atoms with van der Waals surface area (Å²) in [6, 6.07) is 3.82. The van der Waals surface area contributed by atoms with Gasteiger partial charge in [0.25, 0.3) is 0 Å². The zero-order valence-corrected chi connectivity index (χ0v) is 8.02. The lowest BCUT2D eigenvalue weighted by Gasteiger charge is -2.24. The monoisotopic (exact) mass is 179 g/mol. The second kappa shape index (κ2) is 3.11. The number of halogens is 1. The molecule has 0 radical (unpaired) electrons. The Morgan fingerprint density at radius 1 is 1.38 bits per heavy atom. The van der Waals surface area contributed by atoms with Crippen molar-refractivity contribution in [2.24, 2.45) is 0 Å². The van der Waals surface area contributed by atoms with E-state index < -0.39 is 0 Å². The van der Waals surface area contributed by atoms with E-state index in [0.29, 0.717) is 6.04 Å². The molecule has 0 fully saturated rings. The molecule has 0 amide bonds. The first-order chi connectivity index (χ1) is 6.18. The molecule has 0 aliphatic carbocycles. The maximum atomic E-state index is 13.4. The van der Waals surface area contributed by atoms with E-state index in [1.165, 1.54) is 5.56 Å². The molecule has 1 unspecified atom stereocenters. The number of fused-ring (bicyclic) bond motifs is 1. The van der Waals surface area contributed by atoms with Crippen molar-refractivity contribution in [3.05, 3.63) is 34.6 Å². The molecular weight excluding hydrogens is 165 g/mol. The third-order valence-electron chi connectivity index (χ3n) is 2.75. The van der Waals surface area contributed by atoms with Gasteiger partial charge < -0.3 is 5.32 Å². The molecule has 1 aliphatic heterocycles. The van der Waals surface area contributed by atoms with Gasteiger partial charge in [0.15, 0.2) is 0 Å². The number of rotatable bonds is 0. The molecule has 2 heteroatoms. The van der Waals surface area contributed by atoms with Gasteiger partial charge in [-0.3, -0.25) is 0 Å². The molecule has 1 aromatic carbocycles. The molecule has 1 N–H and O–H groups in total. The Hall–Kier alpha value is -0.890. The summed E-state index contributed by atoms with van der Waals surface area (Å²) in [4.78, 5) is 0. The van der Waals surface area contributed by atoms with Crippen LogP contribution in [0, 0.1) is 12.7 Å². The SMILES string of the molecule is Cc1ccc(F)c2c1CNC(C)C2. The molecular formula is C11H14FN. The number of hydrogen-bond acceptors (Lipinski definition) is 1. The van der Waals surface area contributed by atoms with Gasteiger partial charge in [-0.1, -0.05) is 6.07 Å². The summed E-state index contributed by atoms with van der Waals surface area (Å²) in [5.74, 6) is -0.0473. The van der Waals surface area contributed by atoms with E-state index in [0.717, 1.165) is 24.1 Å². The van der Waals surface area contributed by atoms with E-state index in [2.05, 4.69) is 12.2 Å². The van der Waals surface area contributed by atoms with Crippen LogP contribution in [0.25, 0.3) is 0 Å².